The van der Waals surface area contributed by atoms with Gasteiger partial charge in [-0.25, -0.2) is 0 Å². The highest BCUT2D eigenvalue weighted by molar-refractivity contribution is 6.07. The number of nitro groups is 1. The highest BCUT2D eigenvalue weighted by Crippen LogP contribution is 2.26. The van der Waals surface area contributed by atoms with Crippen molar-refractivity contribution in [3.63, 3.8) is 0 Å². The molecule has 2 aromatic carbocycles. The number of amides is 1. The van der Waals surface area contributed by atoms with E-state index in [0.717, 1.165) is 0 Å². The molecule has 0 saturated carbocycles. The third-order valence-corrected chi connectivity index (χ3v) is 3.28. The van der Waals surface area contributed by atoms with E-state index in [9.17, 15) is 14.9 Å². The van der Waals surface area contributed by atoms with Gasteiger partial charge in [0.15, 0.2) is 0 Å². The Morgan fingerprint density at radius 3 is 2.70 bits per heavy atom. The van der Waals surface area contributed by atoms with Gasteiger partial charge in [0.25, 0.3) is 11.6 Å². The fourth-order valence-corrected chi connectivity index (χ4v) is 2.02. The molecule has 2 aromatic rings. The van der Waals surface area contributed by atoms with Gasteiger partial charge >= 0.3 is 0 Å². The highest BCUT2D eigenvalue weighted by Gasteiger charge is 2.25. The van der Waals surface area contributed by atoms with Crippen LogP contribution in [0, 0.1) is 10.1 Å². The van der Waals surface area contributed by atoms with Crippen LogP contribution < -0.4 is 10.1 Å². The number of ether oxygens (including phenoxy) is 2. The molecule has 0 spiro atoms. The Hall–Kier alpha value is -2.93. The van der Waals surface area contributed by atoms with Crippen LogP contribution in [-0.4, -0.2) is 30.1 Å². The second-order valence-electron chi connectivity index (χ2n) is 5.02. The summed E-state index contributed by atoms with van der Waals surface area (Å²) in [4.78, 5) is 22.9. The average molecular weight is 314 g/mol. The molecular formula is C16H14N2O5. The zero-order valence-corrected chi connectivity index (χ0v) is 12.1. The van der Waals surface area contributed by atoms with Crippen LogP contribution in [0.4, 0.5) is 11.4 Å². The van der Waals surface area contributed by atoms with Gasteiger partial charge in [-0.2, -0.15) is 0 Å². The first-order valence-corrected chi connectivity index (χ1v) is 7.03. The summed E-state index contributed by atoms with van der Waals surface area (Å²) in [5.41, 5.74) is 0.250. The van der Waals surface area contributed by atoms with Gasteiger partial charge in [-0.1, -0.05) is 18.2 Å². The number of nitrogens with one attached hydrogen (secondary N) is 1. The number of benzene rings is 2. The molecule has 7 nitrogen and oxygen atoms in total. The summed E-state index contributed by atoms with van der Waals surface area (Å²) in [7, 11) is 0. The van der Waals surface area contributed by atoms with Crippen molar-refractivity contribution in [2.75, 3.05) is 18.5 Å². The summed E-state index contributed by atoms with van der Waals surface area (Å²) >= 11 is 0. The van der Waals surface area contributed by atoms with E-state index in [0.29, 0.717) is 24.7 Å². The monoisotopic (exact) mass is 314 g/mol. The van der Waals surface area contributed by atoms with Gasteiger partial charge in [-0.3, -0.25) is 14.9 Å². The van der Waals surface area contributed by atoms with E-state index >= 15 is 0 Å². The Morgan fingerprint density at radius 2 is 2.04 bits per heavy atom. The van der Waals surface area contributed by atoms with Crippen LogP contribution >= 0.6 is 0 Å². The molecule has 118 valence electrons. The summed E-state index contributed by atoms with van der Waals surface area (Å²) in [5, 5.41) is 13.9. The minimum Gasteiger partial charge on any atom is -0.491 e. The predicted octanol–water partition coefficient (Wildman–Crippen LogP) is 2.62. The number of para-hydroxylation sites is 1. The maximum Gasteiger partial charge on any atom is 0.285 e. The normalized spacial score (nSPS) is 15.7. The highest BCUT2D eigenvalue weighted by atomic mass is 16.6. The molecule has 1 unspecified atom stereocenters. The van der Waals surface area contributed by atoms with Gasteiger partial charge in [0.05, 0.1) is 17.6 Å². The van der Waals surface area contributed by atoms with Crippen LogP contribution in [-0.2, 0) is 4.74 Å². The summed E-state index contributed by atoms with van der Waals surface area (Å²) < 4.78 is 10.4. The second kappa shape index (κ2) is 6.45. The maximum absolute atomic E-state index is 12.3. The first kappa shape index (κ1) is 15.0. The van der Waals surface area contributed by atoms with Gasteiger partial charge < -0.3 is 14.8 Å². The molecule has 1 atom stereocenters. The van der Waals surface area contributed by atoms with Crippen LogP contribution in [0.3, 0.4) is 0 Å². The van der Waals surface area contributed by atoms with Crippen molar-refractivity contribution < 1.29 is 19.2 Å². The molecule has 1 N–H and O–H groups in total. The minimum atomic E-state index is -0.597. The molecule has 1 heterocycles. The van der Waals surface area contributed by atoms with Crippen LogP contribution in [0.1, 0.15) is 10.4 Å². The van der Waals surface area contributed by atoms with E-state index < -0.39 is 10.8 Å². The fraction of sp³-hybridized carbons (Fsp3) is 0.188. The quantitative estimate of drug-likeness (QED) is 0.502. The van der Waals surface area contributed by atoms with Crippen LogP contribution in [0.5, 0.6) is 5.75 Å². The van der Waals surface area contributed by atoms with E-state index in [4.69, 9.17) is 9.47 Å². The predicted molar refractivity (Wildman–Crippen MR) is 82.7 cm³/mol. The number of hydrogen-bond donors (Lipinski definition) is 1. The van der Waals surface area contributed by atoms with Gasteiger partial charge in [0.2, 0.25) is 0 Å². The Bertz CT molecular complexity index is 729. The summed E-state index contributed by atoms with van der Waals surface area (Å²) in [5.74, 6) is -0.205. The van der Waals surface area contributed by atoms with E-state index in [1.165, 1.54) is 18.2 Å². The Labute approximate surface area is 132 Å². The largest absolute Gasteiger partial charge is 0.491 e. The molecule has 1 aliphatic heterocycles. The molecule has 23 heavy (non-hydrogen) atoms. The van der Waals surface area contributed by atoms with Crippen LogP contribution in [0.15, 0.2) is 48.5 Å². The molecule has 7 heteroatoms. The maximum atomic E-state index is 12.3. The van der Waals surface area contributed by atoms with Crippen molar-refractivity contribution in [1.82, 2.24) is 0 Å². The van der Waals surface area contributed by atoms with Gasteiger partial charge in [-0.05, 0) is 24.3 Å². The topological polar surface area (TPSA) is 94.0 Å². The van der Waals surface area contributed by atoms with Crippen molar-refractivity contribution in [3.05, 3.63) is 64.2 Å². The number of carbonyl (C=O) groups excluding carboxylic acids is 1. The molecular weight excluding hydrogens is 300 g/mol. The Morgan fingerprint density at radius 1 is 1.30 bits per heavy atom. The van der Waals surface area contributed by atoms with Gasteiger partial charge in [0.1, 0.15) is 24.0 Å². The molecule has 0 radical (unpaired) electrons. The minimum absolute atomic E-state index is 0.0196. The SMILES string of the molecule is O=C(Nc1ccccc1)c1ccc(OCC2CO2)cc1[N+](=O)[O-]. The number of epoxide rings is 1. The molecule has 3 rings (SSSR count). The lowest BCUT2D eigenvalue weighted by atomic mass is 10.1. The zero-order chi connectivity index (χ0) is 16.2. The molecule has 1 amide bonds. The lowest BCUT2D eigenvalue weighted by Gasteiger charge is -2.08. The van der Waals surface area contributed by atoms with Crippen molar-refractivity contribution in [2.45, 2.75) is 6.10 Å². The second-order valence-corrected chi connectivity index (χ2v) is 5.02. The van der Waals surface area contributed by atoms with E-state index in [-0.39, 0.29) is 17.4 Å². The summed E-state index contributed by atoms with van der Waals surface area (Å²) in [6, 6.07) is 12.9. The number of rotatable bonds is 6. The lowest BCUT2D eigenvalue weighted by molar-refractivity contribution is -0.385. The molecule has 1 aliphatic rings. The molecule has 1 saturated heterocycles. The van der Waals surface area contributed by atoms with E-state index in [1.807, 2.05) is 6.07 Å². The summed E-state index contributed by atoms with van der Waals surface area (Å²) in [6.07, 6.45) is 0.0510. The molecule has 0 bridgehead atoms. The first-order valence-electron chi connectivity index (χ1n) is 7.03. The third kappa shape index (κ3) is 3.83. The number of nitrogens with zero attached hydrogens (tertiary/aromatic N) is 1. The Balaban J connectivity index is 1.79. The number of nitro benzene ring substituents is 1. The van der Waals surface area contributed by atoms with Crippen LogP contribution in [0.25, 0.3) is 0 Å². The fourth-order valence-electron chi connectivity index (χ4n) is 2.02. The van der Waals surface area contributed by atoms with Crippen molar-refractivity contribution >= 4 is 17.3 Å². The first-order chi connectivity index (χ1) is 11.1. The van der Waals surface area contributed by atoms with Crippen LogP contribution in [0.2, 0.25) is 0 Å². The lowest BCUT2D eigenvalue weighted by Crippen LogP contribution is -2.14. The van der Waals surface area contributed by atoms with E-state index in [1.54, 1.807) is 24.3 Å². The molecule has 1 fully saturated rings. The third-order valence-electron chi connectivity index (χ3n) is 3.28. The van der Waals surface area contributed by atoms with Crippen molar-refractivity contribution in [2.24, 2.45) is 0 Å². The number of carbonyl (C=O) groups is 1. The van der Waals surface area contributed by atoms with Crippen molar-refractivity contribution in [3.8, 4) is 5.75 Å². The van der Waals surface area contributed by atoms with E-state index in [2.05, 4.69) is 5.32 Å². The van der Waals surface area contributed by atoms with Crippen molar-refractivity contribution in [1.29, 1.82) is 0 Å². The zero-order valence-electron chi connectivity index (χ0n) is 12.1. The number of anilines is 1. The average Bonchev–Trinajstić information content (AvgIpc) is 3.38. The summed E-state index contributed by atoms with van der Waals surface area (Å²) in [6.45, 7) is 0.979. The Kier molecular flexibility index (Phi) is 4.20. The smallest absolute Gasteiger partial charge is 0.285 e. The number of hydrogen-bond acceptors (Lipinski definition) is 5. The van der Waals surface area contributed by atoms with Gasteiger partial charge in [-0.15, -0.1) is 0 Å². The standard InChI is InChI=1S/C16H14N2O5/c19-16(17-11-4-2-1-3-5-11)14-7-6-12(8-15(14)18(20)21)22-9-13-10-23-13/h1-8,13H,9-10H2,(H,17,19). The molecule has 0 aliphatic carbocycles. The van der Waals surface area contributed by atoms with Gasteiger partial charge in [0, 0.05) is 5.69 Å². The molecule has 0 aromatic heterocycles.